The van der Waals surface area contributed by atoms with Crippen LogP contribution in [0.4, 0.5) is 0 Å². The predicted molar refractivity (Wildman–Crippen MR) is 126 cm³/mol. The summed E-state index contributed by atoms with van der Waals surface area (Å²) in [7, 11) is -3.40. The first-order valence-electron chi connectivity index (χ1n) is 11.3. The number of furan rings is 1. The summed E-state index contributed by atoms with van der Waals surface area (Å²) in [4.78, 5) is 19.8. The van der Waals surface area contributed by atoms with Gasteiger partial charge in [-0.3, -0.25) is 9.78 Å². The van der Waals surface area contributed by atoms with Crippen LogP contribution >= 0.6 is 0 Å². The number of piperidine rings is 1. The van der Waals surface area contributed by atoms with Gasteiger partial charge in [0.05, 0.1) is 11.6 Å². The van der Waals surface area contributed by atoms with Crippen molar-refractivity contribution in [3.63, 3.8) is 0 Å². The van der Waals surface area contributed by atoms with Crippen LogP contribution in [-0.4, -0.2) is 63.5 Å². The molecule has 0 spiro atoms. The van der Waals surface area contributed by atoms with E-state index in [1.165, 1.54) is 4.68 Å². The highest BCUT2D eigenvalue weighted by molar-refractivity contribution is 7.89. The molecular weight excluding hydrogens is 456 g/mol. The van der Waals surface area contributed by atoms with Crippen LogP contribution in [0.1, 0.15) is 36.2 Å². The van der Waals surface area contributed by atoms with E-state index < -0.39 is 9.84 Å². The Bertz CT molecular complexity index is 1530. The molecule has 0 radical (unpaired) electrons. The lowest BCUT2D eigenvalue weighted by atomic mass is 9.99. The monoisotopic (exact) mass is 480 g/mol. The maximum Gasteiger partial charge on any atom is 0.273 e. The van der Waals surface area contributed by atoms with Crippen LogP contribution in [0.25, 0.3) is 33.1 Å². The van der Waals surface area contributed by atoms with Crippen molar-refractivity contribution in [1.82, 2.24) is 19.7 Å². The SMILES string of the molecule is CS(=O)(=O)Cn1nc(-c2coc3ccccc23)c2cnc(C(=O)N3C4CCC3CC(O)C4)cc21. The lowest BCUT2D eigenvalue weighted by molar-refractivity contribution is 0.0282. The van der Waals surface area contributed by atoms with E-state index in [4.69, 9.17) is 4.42 Å². The molecule has 34 heavy (non-hydrogen) atoms. The fraction of sp³-hybridized carbons (Fsp3) is 0.375. The van der Waals surface area contributed by atoms with Gasteiger partial charge in [-0.15, -0.1) is 0 Å². The Labute approximate surface area is 195 Å². The summed E-state index contributed by atoms with van der Waals surface area (Å²) < 4.78 is 31.4. The topological polar surface area (TPSA) is 119 Å². The Morgan fingerprint density at radius 3 is 2.65 bits per heavy atom. The Balaban J connectivity index is 1.47. The fourth-order valence-electron chi connectivity index (χ4n) is 5.48. The molecule has 176 valence electrons. The number of hydrogen-bond donors (Lipinski definition) is 1. The van der Waals surface area contributed by atoms with E-state index in [1.54, 1.807) is 18.5 Å². The van der Waals surface area contributed by atoms with E-state index in [0.29, 0.717) is 35.0 Å². The summed E-state index contributed by atoms with van der Waals surface area (Å²) in [6.07, 6.45) is 6.87. The number of carbonyl (C=O) groups is 1. The largest absolute Gasteiger partial charge is 0.464 e. The van der Waals surface area contributed by atoms with Crippen molar-refractivity contribution in [3.8, 4) is 11.3 Å². The Morgan fingerprint density at radius 1 is 1.18 bits per heavy atom. The van der Waals surface area contributed by atoms with E-state index in [9.17, 15) is 18.3 Å². The number of nitrogens with zero attached hydrogens (tertiary/aromatic N) is 4. The molecule has 0 saturated carbocycles. The molecule has 2 aliphatic heterocycles. The number of fused-ring (bicyclic) bond motifs is 4. The second-order valence-corrected chi connectivity index (χ2v) is 11.5. The van der Waals surface area contributed by atoms with E-state index >= 15 is 0 Å². The molecule has 1 aromatic carbocycles. The summed E-state index contributed by atoms with van der Waals surface area (Å²) in [6.45, 7) is 0. The maximum absolute atomic E-state index is 13.4. The molecule has 2 unspecified atom stereocenters. The van der Waals surface area contributed by atoms with E-state index in [0.717, 1.165) is 30.0 Å². The van der Waals surface area contributed by atoms with Gasteiger partial charge in [-0.1, -0.05) is 18.2 Å². The normalized spacial score (nSPS) is 22.6. The van der Waals surface area contributed by atoms with Crippen LogP contribution in [0, 0.1) is 0 Å². The van der Waals surface area contributed by atoms with Gasteiger partial charge in [0.1, 0.15) is 29.1 Å². The lowest BCUT2D eigenvalue weighted by Gasteiger charge is -2.37. The number of aromatic nitrogens is 3. The van der Waals surface area contributed by atoms with Gasteiger partial charge in [0, 0.05) is 40.9 Å². The molecule has 2 bridgehead atoms. The van der Waals surface area contributed by atoms with Crippen molar-refractivity contribution in [1.29, 1.82) is 0 Å². The van der Waals surface area contributed by atoms with Crippen molar-refractivity contribution >= 4 is 37.6 Å². The first-order valence-corrected chi connectivity index (χ1v) is 13.4. The van der Waals surface area contributed by atoms with Gasteiger partial charge < -0.3 is 14.4 Å². The quantitative estimate of drug-likeness (QED) is 0.477. The number of rotatable bonds is 4. The van der Waals surface area contributed by atoms with Crippen molar-refractivity contribution < 1.29 is 22.7 Å². The molecule has 5 heterocycles. The minimum Gasteiger partial charge on any atom is -0.464 e. The van der Waals surface area contributed by atoms with Crippen molar-refractivity contribution in [2.24, 2.45) is 0 Å². The number of para-hydroxylation sites is 1. The number of hydrogen-bond acceptors (Lipinski definition) is 7. The molecule has 2 atom stereocenters. The third kappa shape index (κ3) is 3.48. The first kappa shape index (κ1) is 21.3. The third-order valence-electron chi connectivity index (χ3n) is 6.89. The van der Waals surface area contributed by atoms with Gasteiger partial charge in [-0.25, -0.2) is 13.1 Å². The number of benzene rings is 1. The Kier molecular flexibility index (Phi) is 4.79. The second-order valence-electron chi connectivity index (χ2n) is 9.36. The number of amides is 1. The van der Waals surface area contributed by atoms with Gasteiger partial charge in [0.15, 0.2) is 9.84 Å². The second kappa shape index (κ2) is 7.64. The zero-order chi connectivity index (χ0) is 23.6. The average molecular weight is 481 g/mol. The zero-order valence-electron chi connectivity index (χ0n) is 18.6. The fourth-order valence-corrected chi connectivity index (χ4v) is 6.12. The number of pyridine rings is 1. The van der Waals surface area contributed by atoms with Crippen LogP contribution in [0.15, 0.2) is 47.2 Å². The molecule has 9 nitrogen and oxygen atoms in total. The van der Waals surface area contributed by atoms with E-state index in [2.05, 4.69) is 10.1 Å². The van der Waals surface area contributed by atoms with Crippen LogP contribution in [0.3, 0.4) is 0 Å². The highest BCUT2D eigenvalue weighted by atomic mass is 32.2. The summed E-state index contributed by atoms with van der Waals surface area (Å²) in [5, 5.41) is 16.2. The highest BCUT2D eigenvalue weighted by Crippen LogP contribution is 2.38. The maximum atomic E-state index is 13.4. The van der Waals surface area contributed by atoms with Crippen molar-refractivity contribution in [3.05, 3.63) is 48.5 Å². The molecule has 1 amide bonds. The van der Waals surface area contributed by atoms with Crippen molar-refractivity contribution in [2.75, 3.05) is 6.26 Å². The predicted octanol–water partition coefficient (Wildman–Crippen LogP) is 2.97. The van der Waals surface area contributed by atoms with Crippen LogP contribution in [0.5, 0.6) is 0 Å². The standard InChI is InChI=1S/C24H24N4O5S/c1-34(31,32)13-27-21-10-20(24(30)28-14-6-7-15(28)9-16(29)8-14)25-11-18(21)23(26-27)19-12-33-22-5-3-2-4-17(19)22/h2-5,10-12,14-16,29H,6-9,13H2,1H3. The van der Waals surface area contributed by atoms with Crippen LogP contribution in [0.2, 0.25) is 0 Å². The smallest absolute Gasteiger partial charge is 0.273 e. The van der Waals surface area contributed by atoms with Crippen LogP contribution in [-0.2, 0) is 15.7 Å². The zero-order valence-corrected chi connectivity index (χ0v) is 19.4. The molecule has 2 saturated heterocycles. The average Bonchev–Trinajstić information content (AvgIpc) is 3.44. The van der Waals surface area contributed by atoms with Gasteiger partial charge in [-0.2, -0.15) is 5.10 Å². The Morgan fingerprint density at radius 2 is 1.91 bits per heavy atom. The molecule has 2 fully saturated rings. The van der Waals surface area contributed by atoms with E-state index in [1.807, 2.05) is 29.2 Å². The molecular formula is C24H24N4O5S. The minimum atomic E-state index is -3.40. The molecule has 6 rings (SSSR count). The summed E-state index contributed by atoms with van der Waals surface area (Å²) in [5.41, 5.74) is 2.76. The Hall–Kier alpha value is -3.24. The lowest BCUT2D eigenvalue weighted by Crippen LogP contribution is -2.48. The molecule has 2 aliphatic rings. The van der Waals surface area contributed by atoms with Crippen molar-refractivity contribution in [2.45, 2.75) is 49.7 Å². The molecule has 10 heteroatoms. The van der Waals surface area contributed by atoms with Gasteiger partial charge in [0.2, 0.25) is 0 Å². The van der Waals surface area contributed by atoms with Crippen LogP contribution < -0.4 is 0 Å². The van der Waals surface area contributed by atoms with Gasteiger partial charge in [0.25, 0.3) is 5.91 Å². The minimum absolute atomic E-state index is 0.00697. The third-order valence-corrected chi connectivity index (χ3v) is 7.60. The van der Waals surface area contributed by atoms with Gasteiger partial charge >= 0.3 is 0 Å². The van der Waals surface area contributed by atoms with Gasteiger partial charge in [-0.05, 0) is 37.8 Å². The summed E-state index contributed by atoms with van der Waals surface area (Å²) >= 11 is 0. The first-order chi connectivity index (χ1) is 16.3. The van der Waals surface area contributed by atoms with E-state index in [-0.39, 0.29) is 35.7 Å². The number of sulfone groups is 1. The molecule has 3 aromatic heterocycles. The molecule has 0 aliphatic carbocycles. The number of carbonyl (C=O) groups excluding carboxylic acids is 1. The molecule has 4 aromatic rings. The highest BCUT2D eigenvalue weighted by Gasteiger charge is 2.43. The summed E-state index contributed by atoms with van der Waals surface area (Å²) in [5.74, 6) is -0.512. The molecule has 1 N–H and O–H groups in total. The number of aliphatic hydroxyl groups is 1. The summed E-state index contributed by atoms with van der Waals surface area (Å²) in [6, 6.07) is 9.19. The number of aliphatic hydroxyl groups excluding tert-OH is 1.